The van der Waals surface area contributed by atoms with E-state index >= 15 is 0 Å². The second-order valence-corrected chi connectivity index (χ2v) is 7.02. The molecule has 8 heteroatoms. The van der Waals surface area contributed by atoms with Crippen molar-refractivity contribution in [3.8, 4) is 0 Å². The Kier molecular flexibility index (Phi) is 4.82. The van der Waals surface area contributed by atoms with E-state index in [0.717, 1.165) is 17.9 Å². The third-order valence-electron chi connectivity index (χ3n) is 3.28. The highest BCUT2D eigenvalue weighted by Crippen LogP contribution is 2.17. The van der Waals surface area contributed by atoms with Crippen LogP contribution >= 0.6 is 0 Å². The van der Waals surface area contributed by atoms with Gasteiger partial charge in [-0.3, -0.25) is 4.68 Å². The summed E-state index contributed by atoms with van der Waals surface area (Å²) in [6.07, 6.45) is 1.53. The number of hydrogen-bond donors (Lipinski definition) is 2. The summed E-state index contributed by atoms with van der Waals surface area (Å²) in [4.78, 5) is 4.06. The number of nitrogens with two attached hydrogens (primary N) is 1. The minimum absolute atomic E-state index is 0.00770. The molecule has 0 aliphatic rings. The molecular weight excluding hydrogens is 302 g/mol. The topological polar surface area (TPSA) is 103 Å². The van der Waals surface area contributed by atoms with Gasteiger partial charge in [-0.15, -0.1) is 0 Å². The number of sulfonamides is 1. The summed E-state index contributed by atoms with van der Waals surface area (Å²) in [6, 6.07) is 5.01. The lowest BCUT2D eigenvalue weighted by molar-refractivity contribution is 0.458. The maximum Gasteiger partial charge on any atom is 0.241 e. The number of aromatic nitrogens is 3. The average molecular weight is 323 g/mol. The second-order valence-electron chi connectivity index (χ2n) is 5.49. The number of anilines is 1. The van der Waals surface area contributed by atoms with E-state index in [1.807, 2.05) is 24.6 Å². The smallest absolute Gasteiger partial charge is 0.241 e. The SMILES string of the molecule is Cc1cc(C)n(C[C@@H](C)CNc2ncccc2S(N)(=O)=O)n1. The molecule has 0 spiro atoms. The van der Waals surface area contributed by atoms with Gasteiger partial charge in [0.25, 0.3) is 0 Å². The summed E-state index contributed by atoms with van der Waals surface area (Å²) in [6.45, 7) is 7.34. The van der Waals surface area contributed by atoms with Gasteiger partial charge >= 0.3 is 0 Å². The fourth-order valence-electron chi connectivity index (χ4n) is 2.24. The Morgan fingerprint density at radius 1 is 1.41 bits per heavy atom. The van der Waals surface area contributed by atoms with Gasteiger partial charge in [-0.25, -0.2) is 18.5 Å². The van der Waals surface area contributed by atoms with Gasteiger partial charge < -0.3 is 5.32 Å². The van der Waals surface area contributed by atoms with E-state index < -0.39 is 10.0 Å². The van der Waals surface area contributed by atoms with Crippen molar-refractivity contribution < 1.29 is 8.42 Å². The summed E-state index contributed by atoms with van der Waals surface area (Å²) < 4.78 is 25.0. The van der Waals surface area contributed by atoms with E-state index in [2.05, 4.69) is 22.3 Å². The molecule has 0 saturated carbocycles. The molecule has 22 heavy (non-hydrogen) atoms. The third kappa shape index (κ3) is 4.05. The van der Waals surface area contributed by atoms with Crippen molar-refractivity contribution in [3.05, 3.63) is 35.8 Å². The predicted octanol–water partition coefficient (Wildman–Crippen LogP) is 1.29. The molecule has 0 amide bonds. The lowest BCUT2D eigenvalue weighted by atomic mass is 10.2. The first-order valence-electron chi connectivity index (χ1n) is 7.00. The number of nitrogens with one attached hydrogen (secondary N) is 1. The molecule has 2 heterocycles. The Balaban J connectivity index is 2.03. The van der Waals surface area contributed by atoms with Crippen molar-refractivity contribution in [3.63, 3.8) is 0 Å². The molecule has 120 valence electrons. The van der Waals surface area contributed by atoms with Gasteiger partial charge in [0.1, 0.15) is 10.7 Å². The van der Waals surface area contributed by atoms with Crippen molar-refractivity contribution in [2.45, 2.75) is 32.2 Å². The van der Waals surface area contributed by atoms with Crippen molar-refractivity contribution in [1.29, 1.82) is 0 Å². The number of rotatable bonds is 6. The molecule has 3 N–H and O–H groups in total. The first-order chi connectivity index (χ1) is 10.3. The Morgan fingerprint density at radius 3 is 2.73 bits per heavy atom. The van der Waals surface area contributed by atoms with Crippen molar-refractivity contribution in [2.75, 3.05) is 11.9 Å². The number of pyridine rings is 1. The third-order valence-corrected chi connectivity index (χ3v) is 4.23. The molecular formula is C14H21N5O2S. The van der Waals surface area contributed by atoms with Crippen molar-refractivity contribution in [2.24, 2.45) is 11.1 Å². The maximum atomic E-state index is 11.5. The highest BCUT2D eigenvalue weighted by atomic mass is 32.2. The van der Waals surface area contributed by atoms with Crippen LogP contribution in [0.5, 0.6) is 0 Å². The fraction of sp³-hybridized carbons (Fsp3) is 0.429. The molecule has 0 radical (unpaired) electrons. The minimum Gasteiger partial charge on any atom is -0.369 e. The Morgan fingerprint density at radius 2 is 2.14 bits per heavy atom. The molecule has 2 rings (SSSR count). The van der Waals surface area contributed by atoms with Crippen LogP contribution in [0.4, 0.5) is 5.82 Å². The number of hydrogen-bond acceptors (Lipinski definition) is 5. The zero-order valence-electron chi connectivity index (χ0n) is 12.9. The Bertz CT molecular complexity index is 754. The first-order valence-corrected chi connectivity index (χ1v) is 8.54. The fourth-order valence-corrected chi connectivity index (χ4v) is 2.91. The molecule has 0 saturated heterocycles. The second kappa shape index (κ2) is 6.45. The van der Waals surface area contributed by atoms with Gasteiger partial charge in [-0.2, -0.15) is 5.10 Å². The van der Waals surface area contributed by atoms with Crippen LogP contribution in [0.3, 0.4) is 0 Å². The monoisotopic (exact) mass is 323 g/mol. The van der Waals surface area contributed by atoms with Gasteiger partial charge in [0.2, 0.25) is 10.0 Å². The summed E-state index contributed by atoms with van der Waals surface area (Å²) in [5.74, 6) is 0.526. The summed E-state index contributed by atoms with van der Waals surface area (Å²) in [7, 11) is -3.79. The summed E-state index contributed by atoms with van der Waals surface area (Å²) >= 11 is 0. The predicted molar refractivity (Wildman–Crippen MR) is 85.0 cm³/mol. The number of nitrogens with zero attached hydrogens (tertiary/aromatic N) is 3. The Hall–Kier alpha value is -1.93. The van der Waals surface area contributed by atoms with Gasteiger partial charge in [0.05, 0.1) is 5.69 Å². The standard InChI is InChI=1S/C14H21N5O2S/c1-10(9-19-12(3)7-11(2)18-19)8-17-14-13(22(15,20)21)5-4-6-16-14/h4-7,10H,8-9H2,1-3H3,(H,16,17)(H2,15,20,21)/t10-/m0/s1. The van der Waals surface area contributed by atoms with E-state index in [-0.39, 0.29) is 16.6 Å². The van der Waals surface area contributed by atoms with Crippen LogP contribution in [0.2, 0.25) is 0 Å². The zero-order valence-corrected chi connectivity index (χ0v) is 13.8. The summed E-state index contributed by atoms with van der Waals surface area (Å²) in [5, 5.41) is 12.7. The van der Waals surface area contributed by atoms with Gasteiger partial charge in [0, 0.05) is 25.0 Å². The highest BCUT2D eigenvalue weighted by Gasteiger charge is 2.15. The van der Waals surface area contributed by atoms with Gasteiger partial charge in [-0.1, -0.05) is 6.92 Å². The van der Waals surface area contributed by atoms with E-state index in [4.69, 9.17) is 5.14 Å². The van der Waals surface area contributed by atoms with Gasteiger partial charge in [0.15, 0.2) is 0 Å². The van der Waals surface area contributed by atoms with Crippen LogP contribution in [0.25, 0.3) is 0 Å². The largest absolute Gasteiger partial charge is 0.369 e. The van der Waals surface area contributed by atoms with Crippen LogP contribution in [0.1, 0.15) is 18.3 Å². The molecule has 2 aromatic heterocycles. The van der Waals surface area contributed by atoms with Crippen molar-refractivity contribution in [1.82, 2.24) is 14.8 Å². The highest BCUT2D eigenvalue weighted by molar-refractivity contribution is 7.89. The first kappa shape index (κ1) is 16.4. The van der Waals surface area contributed by atoms with Crippen LogP contribution < -0.4 is 10.5 Å². The van der Waals surface area contributed by atoms with Crippen LogP contribution in [-0.4, -0.2) is 29.7 Å². The van der Waals surface area contributed by atoms with E-state index in [0.29, 0.717) is 6.54 Å². The van der Waals surface area contributed by atoms with Crippen LogP contribution in [0.15, 0.2) is 29.3 Å². The molecule has 0 aromatic carbocycles. The number of aryl methyl sites for hydroxylation is 2. The van der Waals surface area contributed by atoms with E-state index in [9.17, 15) is 8.42 Å². The normalized spacial score (nSPS) is 13.1. The Labute approximate surface area is 130 Å². The summed E-state index contributed by atoms with van der Waals surface area (Å²) in [5.41, 5.74) is 2.09. The lowest BCUT2D eigenvalue weighted by Crippen LogP contribution is -2.21. The number of primary sulfonamides is 1. The molecule has 0 fully saturated rings. The molecule has 2 aromatic rings. The molecule has 0 aliphatic carbocycles. The quantitative estimate of drug-likeness (QED) is 0.834. The van der Waals surface area contributed by atoms with Crippen LogP contribution in [-0.2, 0) is 16.6 Å². The van der Waals surface area contributed by atoms with Gasteiger partial charge in [-0.05, 0) is 38.0 Å². The van der Waals surface area contributed by atoms with Crippen LogP contribution in [0, 0.1) is 19.8 Å². The zero-order chi connectivity index (χ0) is 16.3. The minimum atomic E-state index is -3.79. The molecule has 1 atom stereocenters. The van der Waals surface area contributed by atoms with Crippen molar-refractivity contribution >= 4 is 15.8 Å². The molecule has 0 aliphatic heterocycles. The van der Waals surface area contributed by atoms with E-state index in [1.54, 1.807) is 6.07 Å². The van der Waals surface area contributed by atoms with E-state index in [1.165, 1.54) is 12.3 Å². The average Bonchev–Trinajstić information content (AvgIpc) is 2.74. The molecule has 7 nitrogen and oxygen atoms in total. The lowest BCUT2D eigenvalue weighted by Gasteiger charge is -2.15. The molecule has 0 bridgehead atoms. The molecule has 0 unspecified atom stereocenters. The maximum absolute atomic E-state index is 11.5.